The normalized spacial score (nSPS) is 10.8. The van der Waals surface area contributed by atoms with Crippen molar-refractivity contribution in [3.05, 3.63) is 95.7 Å². The molecule has 186 valence electrons. The van der Waals surface area contributed by atoms with Crippen LogP contribution in [0.4, 0.5) is 36.3 Å². The van der Waals surface area contributed by atoms with Crippen molar-refractivity contribution in [2.24, 2.45) is 5.73 Å². The maximum absolute atomic E-state index is 13.8. The van der Waals surface area contributed by atoms with Crippen LogP contribution in [0.1, 0.15) is 21.5 Å². The van der Waals surface area contributed by atoms with Crippen LogP contribution in [-0.2, 0) is 6.18 Å². The van der Waals surface area contributed by atoms with Crippen LogP contribution in [0, 0.1) is 6.92 Å². The van der Waals surface area contributed by atoms with Crippen molar-refractivity contribution in [2.75, 3.05) is 10.6 Å². The first kappa shape index (κ1) is 26.3. The number of carbonyl (C=O) groups excluding carboxylic acids is 1. The molecular weight excluding hydrogens is 495 g/mol. The van der Waals surface area contributed by atoms with Crippen molar-refractivity contribution in [1.82, 2.24) is 9.97 Å². The van der Waals surface area contributed by atoms with E-state index in [-0.39, 0.29) is 35.6 Å². The first-order chi connectivity index (χ1) is 16.7. The molecule has 0 saturated carbocycles. The predicted molar refractivity (Wildman–Crippen MR) is 134 cm³/mol. The average Bonchev–Trinajstić information content (AvgIpc) is 2.81. The Kier molecular flexibility index (Phi) is 8.00. The standard InChI is InChI=1S/C25H20F3N5O2.ClH/c1-15-5-2-3-8-20(15)35-21-10-9-18(14-19(21)25(26,27)28)31-22-11-12-30-24(33-22)32-17-7-4-6-16(13-17)23(29)34;/h2-14H,1H3,(H2,29,34)(H2,30,31,32,33);1H. The summed E-state index contributed by atoms with van der Waals surface area (Å²) in [5, 5.41) is 5.79. The average molecular weight is 516 g/mol. The number of primary amides is 1. The van der Waals surface area contributed by atoms with Crippen LogP contribution >= 0.6 is 12.4 Å². The molecule has 3 aromatic carbocycles. The van der Waals surface area contributed by atoms with E-state index in [2.05, 4.69) is 20.6 Å². The predicted octanol–water partition coefficient (Wildman–Crippen LogP) is 6.60. The van der Waals surface area contributed by atoms with Gasteiger partial charge in [0.2, 0.25) is 11.9 Å². The Morgan fingerprint density at radius 1 is 0.917 bits per heavy atom. The number of anilines is 4. The van der Waals surface area contributed by atoms with Crippen molar-refractivity contribution in [2.45, 2.75) is 13.1 Å². The summed E-state index contributed by atoms with van der Waals surface area (Å²) in [5.74, 6) is -0.121. The molecule has 0 aliphatic heterocycles. The molecule has 0 aliphatic rings. The van der Waals surface area contributed by atoms with E-state index in [1.165, 1.54) is 30.5 Å². The van der Waals surface area contributed by atoms with Crippen molar-refractivity contribution < 1.29 is 22.7 Å². The molecule has 0 unspecified atom stereocenters. The van der Waals surface area contributed by atoms with Crippen LogP contribution in [0.3, 0.4) is 0 Å². The fraction of sp³-hybridized carbons (Fsp3) is 0.0800. The summed E-state index contributed by atoms with van der Waals surface area (Å²) < 4.78 is 46.9. The highest BCUT2D eigenvalue weighted by molar-refractivity contribution is 5.93. The lowest BCUT2D eigenvalue weighted by atomic mass is 10.1. The van der Waals surface area contributed by atoms with Gasteiger partial charge in [-0.25, -0.2) is 4.98 Å². The molecule has 0 fully saturated rings. The van der Waals surface area contributed by atoms with Gasteiger partial charge in [0.15, 0.2) is 0 Å². The van der Waals surface area contributed by atoms with Gasteiger partial charge in [-0.3, -0.25) is 4.79 Å². The maximum atomic E-state index is 13.8. The number of nitrogens with zero attached hydrogens (tertiary/aromatic N) is 2. The summed E-state index contributed by atoms with van der Waals surface area (Å²) in [7, 11) is 0. The monoisotopic (exact) mass is 515 g/mol. The van der Waals surface area contributed by atoms with Crippen LogP contribution in [0.5, 0.6) is 11.5 Å². The van der Waals surface area contributed by atoms with Gasteiger partial charge in [0, 0.05) is 23.1 Å². The summed E-state index contributed by atoms with van der Waals surface area (Å²) in [5.41, 5.74) is 6.07. The van der Waals surface area contributed by atoms with Gasteiger partial charge < -0.3 is 21.1 Å². The second-order valence-electron chi connectivity index (χ2n) is 7.54. The lowest BCUT2D eigenvalue weighted by molar-refractivity contribution is -0.138. The lowest BCUT2D eigenvalue weighted by Gasteiger charge is -2.17. The summed E-state index contributed by atoms with van der Waals surface area (Å²) in [4.78, 5) is 19.7. The number of halogens is 4. The highest BCUT2D eigenvalue weighted by Crippen LogP contribution is 2.40. The third-order valence-electron chi connectivity index (χ3n) is 4.93. The van der Waals surface area contributed by atoms with Crippen LogP contribution in [0.2, 0.25) is 0 Å². The van der Waals surface area contributed by atoms with E-state index in [1.54, 1.807) is 49.4 Å². The molecule has 0 atom stereocenters. The fourth-order valence-corrected chi connectivity index (χ4v) is 3.22. The molecule has 1 aromatic heterocycles. The SMILES string of the molecule is Cc1ccccc1Oc1ccc(Nc2ccnc(Nc3cccc(C(N)=O)c3)n2)cc1C(F)(F)F.Cl. The zero-order valence-electron chi connectivity index (χ0n) is 18.8. The molecule has 7 nitrogen and oxygen atoms in total. The summed E-state index contributed by atoms with van der Waals surface area (Å²) in [6.07, 6.45) is -3.20. The molecule has 4 aromatic rings. The number of benzene rings is 3. The number of carbonyl (C=O) groups is 1. The van der Waals surface area contributed by atoms with E-state index < -0.39 is 17.6 Å². The number of rotatable bonds is 7. The molecule has 0 aliphatic carbocycles. The Morgan fingerprint density at radius 2 is 1.67 bits per heavy atom. The van der Waals surface area contributed by atoms with Gasteiger partial charge in [-0.2, -0.15) is 18.2 Å². The topological polar surface area (TPSA) is 102 Å². The zero-order valence-corrected chi connectivity index (χ0v) is 19.7. The number of aryl methyl sites for hydroxylation is 1. The van der Waals surface area contributed by atoms with Crippen LogP contribution in [0.15, 0.2) is 79.0 Å². The Labute approximate surface area is 211 Å². The van der Waals surface area contributed by atoms with Gasteiger partial charge in [-0.15, -0.1) is 12.4 Å². The van der Waals surface area contributed by atoms with Crippen LogP contribution < -0.4 is 21.1 Å². The van der Waals surface area contributed by atoms with Crippen molar-refractivity contribution in [1.29, 1.82) is 0 Å². The highest BCUT2D eigenvalue weighted by atomic mass is 35.5. The van der Waals surface area contributed by atoms with E-state index in [9.17, 15) is 18.0 Å². The number of nitrogens with two attached hydrogens (primary N) is 1. The molecule has 36 heavy (non-hydrogen) atoms. The number of hydrogen-bond acceptors (Lipinski definition) is 6. The summed E-state index contributed by atoms with van der Waals surface area (Å²) in [6, 6.07) is 18.5. The number of alkyl halides is 3. The quantitative estimate of drug-likeness (QED) is 0.256. The zero-order chi connectivity index (χ0) is 25.0. The van der Waals surface area contributed by atoms with E-state index in [1.807, 2.05) is 0 Å². The molecule has 1 heterocycles. The molecule has 0 radical (unpaired) electrons. The van der Waals surface area contributed by atoms with Gasteiger partial charge in [0.05, 0.1) is 0 Å². The van der Waals surface area contributed by atoms with Crippen molar-refractivity contribution in [3.8, 4) is 11.5 Å². The van der Waals surface area contributed by atoms with Gasteiger partial charge in [0.1, 0.15) is 22.9 Å². The van der Waals surface area contributed by atoms with Crippen molar-refractivity contribution in [3.63, 3.8) is 0 Å². The van der Waals surface area contributed by atoms with Crippen LogP contribution in [-0.4, -0.2) is 15.9 Å². The minimum absolute atomic E-state index is 0. The Morgan fingerprint density at radius 3 is 2.39 bits per heavy atom. The molecule has 4 rings (SSSR count). The van der Waals surface area contributed by atoms with Gasteiger partial charge in [0.25, 0.3) is 0 Å². The van der Waals surface area contributed by atoms with Gasteiger partial charge >= 0.3 is 6.18 Å². The second kappa shape index (κ2) is 11.0. The fourth-order valence-electron chi connectivity index (χ4n) is 3.22. The molecule has 4 N–H and O–H groups in total. The number of nitrogens with one attached hydrogen (secondary N) is 2. The summed E-state index contributed by atoms with van der Waals surface area (Å²) in [6.45, 7) is 1.75. The largest absolute Gasteiger partial charge is 0.456 e. The number of amides is 1. The van der Waals surface area contributed by atoms with Crippen molar-refractivity contribution >= 4 is 41.5 Å². The number of hydrogen-bond donors (Lipinski definition) is 3. The first-order valence-electron chi connectivity index (χ1n) is 10.4. The van der Waals surface area contributed by atoms with E-state index in [0.717, 1.165) is 6.07 Å². The molecular formula is C25H21ClF3N5O2. The van der Waals surface area contributed by atoms with Crippen LogP contribution in [0.25, 0.3) is 0 Å². The minimum atomic E-state index is -4.64. The molecule has 1 amide bonds. The maximum Gasteiger partial charge on any atom is 0.420 e. The molecule has 0 spiro atoms. The van der Waals surface area contributed by atoms with Gasteiger partial charge in [-0.1, -0.05) is 24.3 Å². The smallest absolute Gasteiger partial charge is 0.420 e. The number of ether oxygens (including phenoxy) is 1. The van der Waals surface area contributed by atoms with E-state index >= 15 is 0 Å². The molecule has 0 saturated heterocycles. The minimum Gasteiger partial charge on any atom is -0.456 e. The highest BCUT2D eigenvalue weighted by Gasteiger charge is 2.35. The Balaban J connectivity index is 0.00000361. The lowest BCUT2D eigenvalue weighted by Crippen LogP contribution is -2.11. The number of aromatic nitrogens is 2. The molecule has 11 heteroatoms. The third-order valence-corrected chi connectivity index (χ3v) is 4.93. The third kappa shape index (κ3) is 6.42. The second-order valence-corrected chi connectivity index (χ2v) is 7.54. The Hall–Kier alpha value is -4.31. The van der Waals surface area contributed by atoms with Gasteiger partial charge in [-0.05, 0) is 61.0 Å². The number of para-hydroxylation sites is 1. The summed E-state index contributed by atoms with van der Waals surface area (Å²) >= 11 is 0. The van der Waals surface area contributed by atoms with E-state index in [4.69, 9.17) is 10.5 Å². The first-order valence-corrected chi connectivity index (χ1v) is 10.4. The van der Waals surface area contributed by atoms with E-state index in [0.29, 0.717) is 22.6 Å². The molecule has 0 bridgehead atoms. The Bertz CT molecular complexity index is 1380.